The molecule has 0 spiro atoms. The summed E-state index contributed by atoms with van der Waals surface area (Å²) < 4.78 is 13.8. The maximum absolute atomic E-state index is 13.1. The maximum atomic E-state index is 13.1. The zero-order valence-electron chi connectivity index (χ0n) is 15.7. The molecule has 8 heteroatoms. The number of carbonyl (C=O) groups is 1. The lowest BCUT2D eigenvalue weighted by atomic mass is 10.1. The van der Waals surface area contributed by atoms with Crippen molar-refractivity contribution in [2.75, 3.05) is 22.5 Å². The Bertz CT molecular complexity index is 913. The third-order valence-electron chi connectivity index (χ3n) is 4.09. The number of nitrogens with one attached hydrogen (secondary N) is 1. The number of aryl methyl sites for hydroxylation is 1. The molecule has 1 N–H and O–H groups in total. The van der Waals surface area contributed by atoms with Gasteiger partial charge in [-0.3, -0.25) is 4.79 Å². The largest absolute Gasteiger partial charge is 0.330 e. The Kier molecular flexibility index (Phi) is 7.00. The number of hydrogen-bond donors (Lipinski definition) is 1. The van der Waals surface area contributed by atoms with Gasteiger partial charge in [0, 0.05) is 17.9 Å². The number of amides is 1. The van der Waals surface area contributed by atoms with Crippen LogP contribution in [0.5, 0.6) is 0 Å². The minimum absolute atomic E-state index is 0.0565. The summed E-state index contributed by atoms with van der Waals surface area (Å²) in [6, 6.07) is 14.1. The minimum atomic E-state index is -0.320. The van der Waals surface area contributed by atoms with Crippen molar-refractivity contribution >= 4 is 45.5 Å². The quantitative estimate of drug-likeness (QED) is 0.516. The van der Waals surface area contributed by atoms with Crippen LogP contribution < -0.4 is 10.2 Å². The fraction of sp³-hybridized carbons (Fsp3) is 0.250. The smallest absolute Gasteiger partial charge is 0.237 e. The number of thioether (sulfide) groups is 1. The van der Waals surface area contributed by atoms with Crippen LogP contribution in [-0.4, -0.2) is 28.4 Å². The topological polar surface area (TPSA) is 58.1 Å². The van der Waals surface area contributed by atoms with Crippen LogP contribution >= 0.6 is 23.1 Å². The van der Waals surface area contributed by atoms with Gasteiger partial charge in [0.1, 0.15) is 5.82 Å². The molecular formula is C20H21FN4OS2. The molecule has 0 aliphatic carbocycles. The lowest BCUT2D eigenvalue weighted by molar-refractivity contribution is -0.116. The van der Waals surface area contributed by atoms with Gasteiger partial charge in [-0.1, -0.05) is 42.2 Å². The highest BCUT2D eigenvalue weighted by atomic mass is 32.2. The minimum Gasteiger partial charge on any atom is -0.330 e. The predicted molar refractivity (Wildman–Crippen MR) is 114 cm³/mol. The van der Waals surface area contributed by atoms with E-state index in [4.69, 9.17) is 0 Å². The first-order chi connectivity index (χ1) is 13.6. The first kappa shape index (κ1) is 20.3. The third-order valence-corrected chi connectivity index (χ3v) is 6.05. The van der Waals surface area contributed by atoms with E-state index in [9.17, 15) is 9.18 Å². The van der Waals surface area contributed by atoms with Gasteiger partial charge in [0.15, 0.2) is 4.34 Å². The highest BCUT2D eigenvalue weighted by Gasteiger charge is 2.16. The number of benzene rings is 2. The van der Waals surface area contributed by atoms with Crippen molar-refractivity contribution in [1.82, 2.24) is 10.2 Å². The molecular weight excluding hydrogens is 395 g/mol. The van der Waals surface area contributed by atoms with Gasteiger partial charge in [-0.05, 0) is 55.3 Å². The van der Waals surface area contributed by atoms with Crippen LogP contribution in [0.3, 0.4) is 0 Å². The molecule has 3 aromatic rings. The molecule has 0 saturated carbocycles. The zero-order valence-corrected chi connectivity index (χ0v) is 17.3. The van der Waals surface area contributed by atoms with Crippen LogP contribution in [0.4, 0.5) is 20.9 Å². The summed E-state index contributed by atoms with van der Waals surface area (Å²) in [6.07, 6.45) is 1.00. The molecule has 0 atom stereocenters. The van der Waals surface area contributed by atoms with Gasteiger partial charge >= 0.3 is 0 Å². The molecule has 2 aromatic carbocycles. The standard InChI is InChI=1S/C20H21FN4OS2/c1-3-14-5-9-16(10-6-14)22-19-23-24-20(28-19)27-13-18(26)25(4-2)17-11-7-15(21)8-12-17/h5-12H,3-4,13H2,1-2H3,(H,22,23). The molecule has 28 heavy (non-hydrogen) atoms. The van der Waals surface area contributed by atoms with Gasteiger partial charge in [-0.25, -0.2) is 4.39 Å². The number of rotatable bonds is 8. The number of aromatic nitrogens is 2. The van der Waals surface area contributed by atoms with Gasteiger partial charge in [-0.15, -0.1) is 10.2 Å². The summed E-state index contributed by atoms with van der Waals surface area (Å²) in [6.45, 7) is 4.53. The van der Waals surface area contributed by atoms with E-state index in [2.05, 4.69) is 34.6 Å². The van der Waals surface area contributed by atoms with Crippen LogP contribution in [0.1, 0.15) is 19.4 Å². The lowest BCUT2D eigenvalue weighted by Crippen LogP contribution is -2.32. The Morgan fingerprint density at radius 3 is 2.46 bits per heavy atom. The highest BCUT2D eigenvalue weighted by molar-refractivity contribution is 8.01. The fourth-order valence-corrected chi connectivity index (χ4v) is 4.24. The molecule has 0 radical (unpaired) electrons. The second-order valence-corrected chi connectivity index (χ2v) is 8.15. The molecule has 0 bridgehead atoms. The van der Waals surface area contributed by atoms with E-state index in [0.29, 0.717) is 17.4 Å². The van der Waals surface area contributed by atoms with Crippen molar-refractivity contribution < 1.29 is 9.18 Å². The Morgan fingerprint density at radius 1 is 1.11 bits per heavy atom. The van der Waals surface area contributed by atoms with Crippen LogP contribution in [0.2, 0.25) is 0 Å². The van der Waals surface area contributed by atoms with Gasteiger partial charge in [0.2, 0.25) is 11.0 Å². The highest BCUT2D eigenvalue weighted by Crippen LogP contribution is 2.28. The molecule has 0 aliphatic rings. The van der Waals surface area contributed by atoms with Crippen molar-refractivity contribution in [3.63, 3.8) is 0 Å². The average molecular weight is 417 g/mol. The summed E-state index contributed by atoms with van der Waals surface area (Å²) in [5.41, 5.74) is 2.92. The van der Waals surface area contributed by atoms with Gasteiger partial charge in [0.25, 0.3) is 0 Å². The van der Waals surface area contributed by atoms with Crippen molar-refractivity contribution in [3.05, 3.63) is 59.9 Å². The summed E-state index contributed by atoms with van der Waals surface area (Å²) >= 11 is 2.75. The summed E-state index contributed by atoms with van der Waals surface area (Å²) in [7, 11) is 0. The molecule has 146 valence electrons. The normalized spacial score (nSPS) is 10.7. The molecule has 0 fully saturated rings. The Hall–Kier alpha value is -2.45. The Morgan fingerprint density at radius 2 is 1.82 bits per heavy atom. The first-order valence-electron chi connectivity index (χ1n) is 8.97. The van der Waals surface area contributed by atoms with E-state index in [0.717, 1.165) is 16.4 Å². The molecule has 1 aromatic heterocycles. The van der Waals surface area contributed by atoms with Crippen LogP contribution in [-0.2, 0) is 11.2 Å². The van der Waals surface area contributed by atoms with Gasteiger partial charge in [0.05, 0.1) is 5.75 Å². The molecule has 0 aliphatic heterocycles. The van der Waals surface area contributed by atoms with Gasteiger partial charge < -0.3 is 10.2 Å². The number of carbonyl (C=O) groups excluding carboxylic acids is 1. The zero-order chi connectivity index (χ0) is 19.9. The van der Waals surface area contributed by atoms with Crippen molar-refractivity contribution in [3.8, 4) is 0 Å². The van der Waals surface area contributed by atoms with E-state index in [1.165, 1.54) is 40.8 Å². The van der Waals surface area contributed by atoms with Crippen molar-refractivity contribution in [2.45, 2.75) is 24.6 Å². The van der Waals surface area contributed by atoms with E-state index in [-0.39, 0.29) is 17.5 Å². The van der Waals surface area contributed by atoms with Crippen LogP contribution in [0.25, 0.3) is 0 Å². The third kappa shape index (κ3) is 5.30. The van der Waals surface area contributed by atoms with E-state index in [1.54, 1.807) is 17.0 Å². The number of halogens is 1. The van der Waals surface area contributed by atoms with Gasteiger partial charge in [-0.2, -0.15) is 0 Å². The number of hydrogen-bond acceptors (Lipinski definition) is 6. The SMILES string of the molecule is CCc1ccc(Nc2nnc(SCC(=O)N(CC)c3ccc(F)cc3)s2)cc1. The fourth-order valence-electron chi connectivity index (χ4n) is 2.59. The van der Waals surface area contributed by atoms with E-state index >= 15 is 0 Å². The first-order valence-corrected chi connectivity index (χ1v) is 10.8. The average Bonchev–Trinajstić information content (AvgIpc) is 3.16. The summed E-state index contributed by atoms with van der Waals surface area (Å²) in [5, 5.41) is 12.2. The van der Waals surface area contributed by atoms with E-state index < -0.39 is 0 Å². The van der Waals surface area contributed by atoms with E-state index in [1.807, 2.05) is 19.1 Å². The second-order valence-electron chi connectivity index (χ2n) is 5.95. The monoisotopic (exact) mass is 416 g/mol. The lowest BCUT2D eigenvalue weighted by Gasteiger charge is -2.20. The Labute approximate surface area is 172 Å². The van der Waals surface area contributed by atoms with Crippen LogP contribution in [0, 0.1) is 5.82 Å². The second kappa shape index (κ2) is 9.66. The molecule has 5 nitrogen and oxygen atoms in total. The number of anilines is 3. The summed E-state index contributed by atoms with van der Waals surface area (Å²) in [5.74, 6) is -0.135. The molecule has 1 heterocycles. The Balaban J connectivity index is 1.56. The number of nitrogens with zero attached hydrogens (tertiary/aromatic N) is 3. The molecule has 0 saturated heterocycles. The van der Waals surface area contributed by atoms with Crippen molar-refractivity contribution in [1.29, 1.82) is 0 Å². The summed E-state index contributed by atoms with van der Waals surface area (Å²) in [4.78, 5) is 14.2. The molecule has 0 unspecified atom stereocenters. The maximum Gasteiger partial charge on any atom is 0.237 e. The molecule has 3 rings (SSSR count). The molecule has 1 amide bonds. The van der Waals surface area contributed by atoms with Crippen molar-refractivity contribution in [2.24, 2.45) is 0 Å². The predicted octanol–water partition coefficient (Wildman–Crippen LogP) is 5.13. The van der Waals surface area contributed by atoms with Crippen LogP contribution in [0.15, 0.2) is 52.9 Å².